The van der Waals surface area contributed by atoms with Gasteiger partial charge in [-0.1, -0.05) is 0 Å². The number of nitrogens with one attached hydrogen (secondary N) is 1. The summed E-state index contributed by atoms with van der Waals surface area (Å²) in [5, 5.41) is 6.85. The molecule has 4 nitrogen and oxygen atoms in total. The smallest absolute Gasteiger partial charge is 0.266 e. The number of anilines is 1. The second-order valence-electron chi connectivity index (χ2n) is 3.68. The van der Waals surface area contributed by atoms with Crippen LogP contribution in [0.15, 0.2) is 18.3 Å². The Morgan fingerprint density at radius 3 is 2.75 bits per heavy atom. The van der Waals surface area contributed by atoms with Crippen molar-refractivity contribution in [3.05, 3.63) is 33.6 Å². The van der Waals surface area contributed by atoms with Crippen LogP contribution in [-0.2, 0) is 7.05 Å². The topological polar surface area (TPSA) is 46.9 Å². The molecule has 0 aliphatic heterocycles. The molecule has 2 aromatic heterocycles. The molecule has 2 heterocycles. The third-order valence-corrected chi connectivity index (χ3v) is 3.50. The van der Waals surface area contributed by atoms with E-state index in [1.807, 2.05) is 27.0 Å². The Hall–Kier alpha value is -1.62. The van der Waals surface area contributed by atoms with E-state index in [4.69, 9.17) is 0 Å². The van der Waals surface area contributed by atoms with Gasteiger partial charge < -0.3 is 5.32 Å². The Morgan fingerprint density at radius 1 is 1.50 bits per heavy atom. The number of carbonyl (C=O) groups is 1. The zero-order valence-corrected chi connectivity index (χ0v) is 10.3. The van der Waals surface area contributed by atoms with Crippen LogP contribution in [-0.4, -0.2) is 15.7 Å². The molecule has 0 spiro atoms. The second kappa shape index (κ2) is 4.09. The van der Waals surface area contributed by atoms with Gasteiger partial charge in [0.2, 0.25) is 0 Å². The number of aryl methyl sites for hydroxylation is 3. The zero-order valence-electron chi connectivity index (χ0n) is 9.44. The first-order valence-corrected chi connectivity index (χ1v) is 5.76. The maximum atomic E-state index is 11.8. The first-order valence-electron chi connectivity index (χ1n) is 4.94. The first kappa shape index (κ1) is 10.9. The van der Waals surface area contributed by atoms with Crippen molar-refractivity contribution in [2.45, 2.75) is 13.8 Å². The summed E-state index contributed by atoms with van der Waals surface area (Å²) < 4.78 is 1.65. The molecule has 0 aromatic carbocycles. The molecule has 1 amide bonds. The molecule has 0 saturated heterocycles. The molecule has 2 rings (SSSR count). The van der Waals surface area contributed by atoms with Gasteiger partial charge >= 0.3 is 0 Å². The Kier molecular flexibility index (Phi) is 2.78. The van der Waals surface area contributed by atoms with Crippen LogP contribution in [0.2, 0.25) is 0 Å². The Bertz CT molecular complexity index is 508. The molecule has 0 fully saturated rings. The molecule has 5 heteroatoms. The van der Waals surface area contributed by atoms with Gasteiger partial charge in [-0.2, -0.15) is 5.10 Å². The normalized spacial score (nSPS) is 10.4. The van der Waals surface area contributed by atoms with Crippen LogP contribution in [0.3, 0.4) is 0 Å². The van der Waals surface area contributed by atoms with E-state index in [0.717, 1.165) is 10.4 Å². The number of amides is 1. The summed E-state index contributed by atoms with van der Waals surface area (Å²) in [6, 6.07) is 3.67. The molecule has 0 aliphatic rings. The SMILES string of the molecule is Cc1cc(C(=O)Nc2ccn(C)n2)sc1C. The van der Waals surface area contributed by atoms with E-state index < -0.39 is 0 Å². The van der Waals surface area contributed by atoms with E-state index in [-0.39, 0.29) is 5.91 Å². The maximum Gasteiger partial charge on any atom is 0.266 e. The highest BCUT2D eigenvalue weighted by molar-refractivity contribution is 7.14. The van der Waals surface area contributed by atoms with Crippen LogP contribution in [0.4, 0.5) is 5.82 Å². The minimum absolute atomic E-state index is 0.0973. The van der Waals surface area contributed by atoms with E-state index in [1.165, 1.54) is 16.2 Å². The van der Waals surface area contributed by atoms with Gasteiger partial charge in [-0.25, -0.2) is 0 Å². The summed E-state index contributed by atoms with van der Waals surface area (Å²) in [6.45, 7) is 4.01. The summed E-state index contributed by atoms with van der Waals surface area (Å²) in [4.78, 5) is 13.7. The lowest BCUT2D eigenvalue weighted by molar-refractivity contribution is 0.103. The van der Waals surface area contributed by atoms with Crippen molar-refractivity contribution in [2.75, 3.05) is 5.32 Å². The molecule has 1 N–H and O–H groups in total. The lowest BCUT2D eigenvalue weighted by atomic mass is 10.3. The number of hydrogen-bond donors (Lipinski definition) is 1. The van der Waals surface area contributed by atoms with Crippen molar-refractivity contribution in [2.24, 2.45) is 7.05 Å². The highest BCUT2D eigenvalue weighted by Crippen LogP contribution is 2.21. The lowest BCUT2D eigenvalue weighted by Crippen LogP contribution is -2.10. The van der Waals surface area contributed by atoms with Crippen molar-refractivity contribution in [1.82, 2.24) is 9.78 Å². The van der Waals surface area contributed by atoms with E-state index in [0.29, 0.717) is 5.82 Å². The van der Waals surface area contributed by atoms with Crippen molar-refractivity contribution in [1.29, 1.82) is 0 Å². The Balaban J connectivity index is 2.14. The molecule has 0 bridgehead atoms. The molecule has 0 saturated carbocycles. The number of nitrogens with zero attached hydrogens (tertiary/aromatic N) is 2. The summed E-state index contributed by atoms with van der Waals surface area (Å²) >= 11 is 1.50. The van der Waals surface area contributed by atoms with Gasteiger partial charge in [0.05, 0.1) is 4.88 Å². The van der Waals surface area contributed by atoms with Crippen LogP contribution < -0.4 is 5.32 Å². The van der Waals surface area contributed by atoms with Gasteiger partial charge in [0, 0.05) is 24.2 Å². The predicted octanol–water partition coefficient (Wildman–Crippen LogP) is 2.35. The molecule has 0 unspecified atom stereocenters. The number of thiophene rings is 1. The van der Waals surface area contributed by atoms with Crippen LogP contribution in [0.1, 0.15) is 20.1 Å². The lowest BCUT2D eigenvalue weighted by Gasteiger charge is -1.97. The molecule has 0 radical (unpaired) electrons. The van der Waals surface area contributed by atoms with Gasteiger partial charge in [-0.3, -0.25) is 9.48 Å². The standard InChI is InChI=1S/C11H13N3OS/c1-7-6-9(16-8(7)2)11(15)12-10-4-5-14(3)13-10/h4-6H,1-3H3,(H,12,13,15). The van der Waals surface area contributed by atoms with Crippen molar-refractivity contribution < 1.29 is 4.79 Å². The first-order chi connectivity index (χ1) is 7.56. The monoisotopic (exact) mass is 235 g/mol. The quantitative estimate of drug-likeness (QED) is 0.868. The van der Waals surface area contributed by atoms with Crippen molar-refractivity contribution >= 4 is 23.1 Å². The van der Waals surface area contributed by atoms with Gasteiger partial charge in [0.25, 0.3) is 5.91 Å². The van der Waals surface area contributed by atoms with E-state index >= 15 is 0 Å². The maximum absolute atomic E-state index is 11.8. The minimum Gasteiger partial charge on any atom is -0.304 e. The predicted molar refractivity (Wildman–Crippen MR) is 65.0 cm³/mol. The van der Waals surface area contributed by atoms with Gasteiger partial charge in [-0.15, -0.1) is 11.3 Å². The third-order valence-electron chi connectivity index (χ3n) is 2.34. The van der Waals surface area contributed by atoms with E-state index in [2.05, 4.69) is 10.4 Å². The molecule has 2 aromatic rings. The van der Waals surface area contributed by atoms with Gasteiger partial charge in [0.15, 0.2) is 5.82 Å². The largest absolute Gasteiger partial charge is 0.304 e. The van der Waals surface area contributed by atoms with Crippen LogP contribution >= 0.6 is 11.3 Å². The molecule has 84 valence electrons. The highest BCUT2D eigenvalue weighted by atomic mass is 32.1. The molecule has 0 aliphatic carbocycles. The van der Waals surface area contributed by atoms with Crippen LogP contribution in [0.5, 0.6) is 0 Å². The fraction of sp³-hybridized carbons (Fsp3) is 0.273. The average molecular weight is 235 g/mol. The number of hydrogen-bond acceptors (Lipinski definition) is 3. The highest BCUT2D eigenvalue weighted by Gasteiger charge is 2.11. The Labute approximate surface area is 97.9 Å². The summed E-state index contributed by atoms with van der Waals surface area (Å²) in [7, 11) is 1.81. The van der Waals surface area contributed by atoms with E-state index in [1.54, 1.807) is 16.9 Å². The van der Waals surface area contributed by atoms with Gasteiger partial charge in [0.1, 0.15) is 0 Å². The van der Waals surface area contributed by atoms with E-state index in [9.17, 15) is 4.79 Å². The third kappa shape index (κ3) is 2.14. The summed E-state index contributed by atoms with van der Waals surface area (Å²) in [5.41, 5.74) is 1.15. The van der Waals surface area contributed by atoms with Crippen LogP contribution in [0, 0.1) is 13.8 Å². The summed E-state index contributed by atoms with van der Waals surface area (Å²) in [5.74, 6) is 0.483. The minimum atomic E-state index is -0.0973. The van der Waals surface area contributed by atoms with Crippen molar-refractivity contribution in [3.8, 4) is 0 Å². The fourth-order valence-corrected chi connectivity index (χ4v) is 2.27. The molecule has 16 heavy (non-hydrogen) atoms. The second-order valence-corrected chi connectivity index (χ2v) is 4.93. The summed E-state index contributed by atoms with van der Waals surface area (Å²) in [6.07, 6.45) is 1.79. The molecule has 0 atom stereocenters. The Morgan fingerprint density at radius 2 is 2.25 bits per heavy atom. The number of aromatic nitrogens is 2. The number of carbonyl (C=O) groups excluding carboxylic acids is 1. The molecular weight excluding hydrogens is 222 g/mol. The number of rotatable bonds is 2. The molecular formula is C11H13N3OS. The van der Waals surface area contributed by atoms with Gasteiger partial charge in [-0.05, 0) is 25.5 Å². The van der Waals surface area contributed by atoms with Crippen LogP contribution in [0.25, 0.3) is 0 Å². The van der Waals surface area contributed by atoms with Crippen molar-refractivity contribution in [3.63, 3.8) is 0 Å². The fourth-order valence-electron chi connectivity index (χ4n) is 1.34. The average Bonchev–Trinajstić information content (AvgIpc) is 2.75. The zero-order chi connectivity index (χ0) is 11.7.